The van der Waals surface area contributed by atoms with Gasteiger partial charge in [0.05, 0.1) is 30.3 Å². The molecule has 0 spiro atoms. The van der Waals surface area contributed by atoms with Crippen molar-refractivity contribution < 1.29 is 19.1 Å². The van der Waals surface area contributed by atoms with Crippen LogP contribution in [0.2, 0.25) is 10.0 Å². The minimum atomic E-state index is -0.709. The molecule has 0 atom stereocenters. The van der Waals surface area contributed by atoms with E-state index in [-0.39, 0.29) is 13.2 Å². The van der Waals surface area contributed by atoms with Gasteiger partial charge in [0.15, 0.2) is 0 Å². The van der Waals surface area contributed by atoms with Crippen molar-refractivity contribution in [3.8, 4) is 0 Å². The Hall–Kier alpha value is -1.98. The molecule has 0 aliphatic carbocycles. The average Bonchev–Trinajstić information content (AvgIpc) is 2.63. The van der Waals surface area contributed by atoms with Crippen molar-refractivity contribution in [1.82, 2.24) is 5.32 Å². The third-order valence-electron chi connectivity index (χ3n) is 4.35. The molecule has 7 heteroatoms. The van der Waals surface area contributed by atoms with Crippen molar-refractivity contribution in [2.24, 2.45) is 0 Å². The van der Waals surface area contributed by atoms with Gasteiger partial charge in [0.2, 0.25) is 0 Å². The van der Waals surface area contributed by atoms with Gasteiger partial charge >= 0.3 is 11.9 Å². The summed E-state index contributed by atoms with van der Waals surface area (Å²) in [6.45, 7) is 7.95. The highest BCUT2D eigenvalue weighted by Gasteiger charge is 2.38. The molecule has 1 heterocycles. The Balaban J connectivity index is 2.61. The van der Waals surface area contributed by atoms with Gasteiger partial charge in [0.25, 0.3) is 0 Å². The van der Waals surface area contributed by atoms with Crippen LogP contribution < -0.4 is 5.32 Å². The molecular weight excluding hydrogens is 401 g/mol. The molecule has 28 heavy (non-hydrogen) atoms. The van der Waals surface area contributed by atoms with Gasteiger partial charge in [-0.25, -0.2) is 9.59 Å². The smallest absolute Gasteiger partial charge is 0.336 e. The summed E-state index contributed by atoms with van der Waals surface area (Å²) in [5, 5.41) is 3.94. The van der Waals surface area contributed by atoms with Gasteiger partial charge in [0.1, 0.15) is 0 Å². The highest BCUT2D eigenvalue weighted by atomic mass is 35.5. The van der Waals surface area contributed by atoms with Gasteiger partial charge in [-0.3, -0.25) is 0 Å². The number of esters is 2. The van der Waals surface area contributed by atoms with E-state index in [1.54, 1.807) is 32.0 Å². The predicted octanol–water partition coefficient (Wildman–Crippen LogP) is 5.13. The Kier molecular flexibility index (Phi) is 7.96. The van der Waals surface area contributed by atoms with Crippen LogP contribution in [0.1, 0.15) is 52.0 Å². The van der Waals surface area contributed by atoms with Crippen LogP contribution in [0.3, 0.4) is 0 Å². The largest absolute Gasteiger partial charge is 0.462 e. The summed E-state index contributed by atoms with van der Waals surface area (Å²) in [7, 11) is 0. The van der Waals surface area contributed by atoms with E-state index in [9.17, 15) is 9.59 Å². The van der Waals surface area contributed by atoms with E-state index in [2.05, 4.69) is 5.32 Å². The molecule has 0 fully saturated rings. The lowest BCUT2D eigenvalue weighted by molar-refractivity contribution is -0.140. The van der Waals surface area contributed by atoms with E-state index < -0.39 is 17.9 Å². The predicted molar refractivity (Wildman–Crippen MR) is 110 cm³/mol. The zero-order valence-electron chi connectivity index (χ0n) is 16.5. The summed E-state index contributed by atoms with van der Waals surface area (Å²) in [5.41, 5.74) is 2.50. The first kappa shape index (κ1) is 22.3. The van der Waals surface area contributed by atoms with Crippen molar-refractivity contribution in [3.63, 3.8) is 0 Å². The number of benzene rings is 1. The zero-order chi connectivity index (χ0) is 20.8. The molecule has 1 aliphatic heterocycles. The highest BCUT2D eigenvalue weighted by molar-refractivity contribution is 6.35. The number of carbonyl (C=O) groups is 2. The minimum absolute atomic E-state index is 0.287. The fraction of sp³-hybridized carbons (Fsp3) is 0.429. The molecule has 1 N–H and O–H groups in total. The SMILES string of the molecule is CCCOC(=O)C1=C(C)NC(C)=C(C(=O)OCCC)C1c1ccc(Cl)cc1Cl. The van der Waals surface area contributed by atoms with E-state index in [1.807, 2.05) is 13.8 Å². The molecule has 0 unspecified atom stereocenters. The monoisotopic (exact) mass is 425 g/mol. The summed E-state index contributed by atoms with van der Waals surface area (Å²) in [4.78, 5) is 25.7. The number of halogens is 2. The lowest BCUT2D eigenvalue weighted by Gasteiger charge is -2.31. The van der Waals surface area contributed by atoms with Crippen LogP contribution in [0.5, 0.6) is 0 Å². The van der Waals surface area contributed by atoms with Crippen LogP contribution in [0, 0.1) is 0 Å². The third kappa shape index (κ3) is 4.89. The molecule has 1 aromatic carbocycles. The number of allylic oxidation sites excluding steroid dienone is 2. The molecule has 2 rings (SSSR count). The fourth-order valence-electron chi connectivity index (χ4n) is 3.13. The van der Waals surface area contributed by atoms with Gasteiger partial charge in [0, 0.05) is 21.4 Å². The molecule has 1 aliphatic rings. The normalized spacial score (nSPS) is 14.8. The lowest BCUT2D eigenvalue weighted by Crippen LogP contribution is -2.32. The van der Waals surface area contributed by atoms with E-state index in [0.717, 1.165) is 0 Å². The molecule has 5 nitrogen and oxygen atoms in total. The third-order valence-corrected chi connectivity index (χ3v) is 4.91. The second kappa shape index (κ2) is 9.99. The molecule has 0 saturated heterocycles. The molecule has 0 saturated carbocycles. The number of carbonyl (C=O) groups excluding carboxylic acids is 2. The Labute approximate surface area is 175 Å². The molecule has 0 radical (unpaired) electrons. The van der Waals surface area contributed by atoms with Gasteiger partial charge in [-0.15, -0.1) is 0 Å². The lowest BCUT2D eigenvalue weighted by atomic mass is 9.80. The Bertz CT molecular complexity index is 788. The van der Waals surface area contributed by atoms with Crippen molar-refractivity contribution in [2.45, 2.75) is 46.5 Å². The maximum absolute atomic E-state index is 12.9. The van der Waals surface area contributed by atoms with Gasteiger partial charge in [-0.1, -0.05) is 43.1 Å². The topological polar surface area (TPSA) is 64.6 Å². The number of nitrogens with one attached hydrogen (secondary N) is 1. The van der Waals surface area contributed by atoms with Gasteiger partial charge in [-0.05, 0) is 44.4 Å². The zero-order valence-corrected chi connectivity index (χ0v) is 18.0. The molecule has 152 valence electrons. The summed E-state index contributed by atoms with van der Waals surface area (Å²) < 4.78 is 10.8. The second-order valence-electron chi connectivity index (χ2n) is 6.57. The summed E-state index contributed by atoms with van der Waals surface area (Å²) in [6, 6.07) is 5.00. The van der Waals surface area contributed by atoms with Crippen LogP contribution in [0.15, 0.2) is 40.7 Å². The second-order valence-corrected chi connectivity index (χ2v) is 7.42. The Morgan fingerprint density at radius 2 is 1.46 bits per heavy atom. The highest BCUT2D eigenvalue weighted by Crippen LogP contribution is 2.42. The van der Waals surface area contributed by atoms with Crippen LogP contribution in [-0.2, 0) is 19.1 Å². The Morgan fingerprint density at radius 1 is 0.964 bits per heavy atom. The number of ether oxygens (including phenoxy) is 2. The quantitative estimate of drug-likeness (QED) is 0.612. The Morgan fingerprint density at radius 3 is 1.89 bits per heavy atom. The summed E-state index contributed by atoms with van der Waals surface area (Å²) >= 11 is 12.5. The molecule has 0 amide bonds. The first-order valence-electron chi connectivity index (χ1n) is 9.29. The van der Waals surface area contributed by atoms with Crippen LogP contribution in [0.25, 0.3) is 0 Å². The minimum Gasteiger partial charge on any atom is -0.462 e. The number of hydrogen-bond donors (Lipinski definition) is 1. The van der Waals surface area contributed by atoms with E-state index in [0.29, 0.717) is 51.0 Å². The number of dihydropyridines is 1. The number of rotatable bonds is 7. The van der Waals surface area contributed by atoms with E-state index in [4.69, 9.17) is 32.7 Å². The van der Waals surface area contributed by atoms with Gasteiger partial charge < -0.3 is 14.8 Å². The van der Waals surface area contributed by atoms with Crippen molar-refractivity contribution >= 4 is 35.1 Å². The summed E-state index contributed by atoms with van der Waals surface area (Å²) in [6.07, 6.45) is 1.39. The van der Waals surface area contributed by atoms with E-state index in [1.165, 1.54) is 0 Å². The van der Waals surface area contributed by atoms with Crippen LogP contribution in [-0.4, -0.2) is 25.2 Å². The maximum Gasteiger partial charge on any atom is 0.336 e. The van der Waals surface area contributed by atoms with E-state index >= 15 is 0 Å². The number of hydrogen-bond acceptors (Lipinski definition) is 5. The van der Waals surface area contributed by atoms with Crippen LogP contribution >= 0.6 is 23.2 Å². The average molecular weight is 426 g/mol. The molecular formula is C21H25Cl2NO4. The first-order valence-corrected chi connectivity index (χ1v) is 10.0. The fourth-order valence-corrected chi connectivity index (χ4v) is 3.64. The van der Waals surface area contributed by atoms with Crippen molar-refractivity contribution in [3.05, 3.63) is 56.3 Å². The molecule has 0 aromatic heterocycles. The molecule has 1 aromatic rings. The maximum atomic E-state index is 12.9. The van der Waals surface area contributed by atoms with Crippen LogP contribution in [0.4, 0.5) is 0 Å². The molecule has 0 bridgehead atoms. The first-order chi connectivity index (χ1) is 13.3. The standard InChI is InChI=1S/C21H25Cl2NO4/c1-5-9-27-20(25)17-12(3)24-13(4)18(21(26)28-10-6-2)19(17)15-8-7-14(22)11-16(15)23/h7-8,11,19,24H,5-6,9-10H2,1-4H3. The van der Waals surface area contributed by atoms with Gasteiger partial charge in [-0.2, -0.15) is 0 Å². The van der Waals surface area contributed by atoms with Crippen molar-refractivity contribution in [1.29, 1.82) is 0 Å². The summed E-state index contributed by atoms with van der Waals surface area (Å²) in [5.74, 6) is -1.69. The van der Waals surface area contributed by atoms with Crippen molar-refractivity contribution in [2.75, 3.05) is 13.2 Å².